The number of nitrogen functional groups attached to an aromatic ring is 1. The van der Waals surface area contributed by atoms with Crippen LogP contribution in [0.1, 0.15) is 11.1 Å². The summed E-state index contributed by atoms with van der Waals surface area (Å²) in [7, 11) is -3.42. The second-order valence-corrected chi connectivity index (χ2v) is 14.9. The van der Waals surface area contributed by atoms with Gasteiger partial charge in [-0.25, -0.2) is 18.0 Å². The van der Waals surface area contributed by atoms with Crippen LogP contribution >= 0.6 is 23.5 Å². The Balaban J connectivity index is 0.000000242. The van der Waals surface area contributed by atoms with Crippen LogP contribution in [0.15, 0.2) is 136 Å². The zero-order chi connectivity index (χ0) is 40.8. The van der Waals surface area contributed by atoms with Crippen LogP contribution in [0.2, 0.25) is 0 Å². The van der Waals surface area contributed by atoms with Crippen molar-refractivity contribution in [3.8, 4) is 0 Å². The lowest BCUT2D eigenvalue weighted by atomic mass is 10.2. The molecule has 9 nitrogen and oxygen atoms in total. The minimum atomic E-state index is -4.45. The molecule has 292 valence electrons. The molecular formula is C37H35F6N5O4S3. The molecule has 0 radical (unpaired) electrons. The highest BCUT2D eigenvalue weighted by Gasteiger charge is 2.30. The van der Waals surface area contributed by atoms with Gasteiger partial charge >= 0.3 is 24.4 Å². The smallest absolute Gasteiger partial charge is 0.399 e. The van der Waals surface area contributed by atoms with Gasteiger partial charge in [-0.1, -0.05) is 18.2 Å². The van der Waals surface area contributed by atoms with Gasteiger partial charge in [0.1, 0.15) is 0 Å². The number of halogens is 6. The van der Waals surface area contributed by atoms with Gasteiger partial charge in [0.15, 0.2) is 9.84 Å². The lowest BCUT2D eigenvalue weighted by molar-refractivity contribution is -0.138. The predicted octanol–water partition coefficient (Wildman–Crippen LogP) is 10.8. The van der Waals surface area contributed by atoms with Crippen molar-refractivity contribution in [1.82, 2.24) is 0 Å². The summed E-state index contributed by atoms with van der Waals surface area (Å²) in [6.45, 7) is 0. The number of hydrogen-bond donors (Lipinski definition) is 5. The number of sulfone groups is 1. The molecule has 0 saturated carbocycles. The third-order valence-corrected chi connectivity index (χ3v) is 9.44. The minimum Gasteiger partial charge on any atom is -0.399 e. The fourth-order valence-corrected chi connectivity index (χ4v) is 5.81. The number of amides is 4. The topological polar surface area (TPSA) is 142 Å². The monoisotopic (exact) mass is 823 g/mol. The number of benzene rings is 5. The van der Waals surface area contributed by atoms with E-state index in [0.717, 1.165) is 53.2 Å². The van der Waals surface area contributed by atoms with Crippen LogP contribution in [-0.2, 0) is 22.2 Å². The lowest BCUT2D eigenvalue weighted by Crippen LogP contribution is -2.19. The molecule has 6 N–H and O–H groups in total. The first kappa shape index (κ1) is 44.1. The fraction of sp³-hybridized carbons (Fsp3) is 0.135. The van der Waals surface area contributed by atoms with Gasteiger partial charge in [0.25, 0.3) is 0 Å². The van der Waals surface area contributed by atoms with Crippen molar-refractivity contribution in [3.05, 3.63) is 132 Å². The molecule has 0 heterocycles. The maximum absolute atomic E-state index is 12.5. The van der Waals surface area contributed by atoms with Crippen LogP contribution in [-0.4, -0.2) is 39.2 Å². The Hall–Kier alpha value is -5.33. The maximum atomic E-state index is 12.5. The van der Waals surface area contributed by atoms with Crippen molar-refractivity contribution in [1.29, 1.82) is 0 Å². The van der Waals surface area contributed by atoms with Gasteiger partial charge in [-0.15, -0.1) is 23.5 Å². The standard InChI is InChI=1S/C15H13F3N2O3S.C15H13F3N2OS.C7H9NS/c1-24(22,23)13-4-2-3-12(9-13)20-14(21)19-11-7-5-10(6-8-11)15(16,17)18;1-22-13-4-2-3-12(9-13)20-14(21)19-11-7-5-10(6-8-11)15(16,17)18;1-9-7-4-2-3-6(8)5-7/h2-9H,1H3,(H2,19,20,21);2-9H,1H3,(H2,19,20,21);2-5H,8H2,1H3. The van der Waals surface area contributed by atoms with Crippen LogP contribution < -0.4 is 27.0 Å². The molecule has 5 aromatic carbocycles. The molecule has 0 atom stereocenters. The zero-order valence-electron chi connectivity index (χ0n) is 29.2. The quantitative estimate of drug-likeness (QED) is 0.0625. The third-order valence-electron chi connectivity index (χ3n) is 6.88. The van der Waals surface area contributed by atoms with Crippen LogP contribution in [0.4, 0.5) is 64.4 Å². The van der Waals surface area contributed by atoms with Crippen LogP contribution in [0.3, 0.4) is 0 Å². The Labute approximate surface area is 322 Å². The molecule has 0 fully saturated rings. The first-order chi connectivity index (χ1) is 25.8. The number of thioether (sulfide) groups is 2. The third kappa shape index (κ3) is 15.5. The van der Waals surface area contributed by atoms with Gasteiger partial charge in [-0.05, 0) is 116 Å². The zero-order valence-corrected chi connectivity index (χ0v) is 31.7. The van der Waals surface area contributed by atoms with E-state index in [2.05, 4.69) is 21.3 Å². The van der Waals surface area contributed by atoms with Gasteiger partial charge in [0.05, 0.1) is 16.0 Å². The predicted molar refractivity (Wildman–Crippen MR) is 209 cm³/mol. The number of carbonyl (C=O) groups is 2. The average Bonchev–Trinajstić information content (AvgIpc) is 3.11. The van der Waals surface area contributed by atoms with Gasteiger partial charge in [-0.3, -0.25) is 0 Å². The Morgan fingerprint density at radius 2 is 0.927 bits per heavy atom. The van der Waals surface area contributed by atoms with Crippen molar-refractivity contribution in [2.24, 2.45) is 0 Å². The molecule has 0 bridgehead atoms. The van der Waals surface area contributed by atoms with Gasteiger partial charge in [-0.2, -0.15) is 26.3 Å². The molecular weight excluding hydrogens is 789 g/mol. The molecule has 55 heavy (non-hydrogen) atoms. The average molecular weight is 824 g/mol. The van der Waals surface area contributed by atoms with E-state index in [1.807, 2.05) is 42.8 Å². The molecule has 5 rings (SSSR count). The van der Waals surface area contributed by atoms with E-state index in [1.165, 1.54) is 53.1 Å². The largest absolute Gasteiger partial charge is 0.416 e. The van der Waals surface area contributed by atoms with E-state index in [0.29, 0.717) is 5.69 Å². The Morgan fingerprint density at radius 3 is 1.31 bits per heavy atom. The van der Waals surface area contributed by atoms with Gasteiger partial charge in [0, 0.05) is 44.5 Å². The molecule has 0 aliphatic rings. The number of hydrogen-bond acceptors (Lipinski definition) is 7. The van der Waals surface area contributed by atoms with E-state index >= 15 is 0 Å². The normalized spacial score (nSPS) is 11.1. The van der Waals surface area contributed by atoms with E-state index in [1.54, 1.807) is 30.0 Å². The number of urea groups is 2. The van der Waals surface area contributed by atoms with Crippen LogP contribution in [0.25, 0.3) is 0 Å². The first-order valence-electron chi connectivity index (χ1n) is 15.6. The summed E-state index contributed by atoms with van der Waals surface area (Å²) in [6, 6.07) is 27.7. The molecule has 0 spiro atoms. The van der Waals surface area contributed by atoms with E-state index in [9.17, 15) is 44.3 Å². The van der Waals surface area contributed by atoms with E-state index in [-0.39, 0.29) is 22.0 Å². The Bertz CT molecular complexity index is 2150. The summed E-state index contributed by atoms with van der Waals surface area (Å²) in [5, 5.41) is 9.88. The number of anilines is 5. The van der Waals surface area contributed by atoms with Crippen LogP contribution in [0, 0.1) is 0 Å². The second kappa shape index (κ2) is 19.8. The van der Waals surface area contributed by atoms with E-state index < -0.39 is 45.4 Å². The molecule has 0 aliphatic carbocycles. The SMILES string of the molecule is CS(=O)(=O)c1cccc(NC(=O)Nc2ccc(C(F)(F)F)cc2)c1.CSc1cccc(N)c1.CSc1cccc(NC(=O)Nc2ccc(C(F)(F)F)cc2)c1. The van der Waals surface area contributed by atoms with Crippen molar-refractivity contribution in [2.75, 3.05) is 45.8 Å². The van der Waals surface area contributed by atoms with E-state index in [4.69, 9.17) is 5.73 Å². The van der Waals surface area contributed by atoms with Crippen molar-refractivity contribution in [2.45, 2.75) is 27.0 Å². The minimum absolute atomic E-state index is 0.0369. The van der Waals surface area contributed by atoms with Crippen molar-refractivity contribution >= 4 is 73.9 Å². The Morgan fingerprint density at radius 1 is 0.545 bits per heavy atom. The molecule has 0 saturated heterocycles. The summed E-state index contributed by atoms with van der Waals surface area (Å²) in [4.78, 5) is 25.9. The number of nitrogens with two attached hydrogens (primary N) is 1. The highest BCUT2D eigenvalue weighted by atomic mass is 32.2. The molecule has 18 heteroatoms. The van der Waals surface area contributed by atoms with Crippen molar-refractivity contribution < 1.29 is 44.3 Å². The molecule has 0 aliphatic heterocycles. The molecule has 0 unspecified atom stereocenters. The lowest BCUT2D eigenvalue weighted by Gasteiger charge is -2.10. The van der Waals surface area contributed by atoms with Gasteiger partial charge in [0.2, 0.25) is 0 Å². The molecule has 0 aromatic heterocycles. The Kier molecular flexibility index (Phi) is 15.9. The highest BCUT2D eigenvalue weighted by Crippen LogP contribution is 2.31. The summed E-state index contributed by atoms with van der Waals surface area (Å²) in [5.74, 6) is 0. The fourth-order valence-electron chi connectivity index (χ4n) is 4.22. The molecule has 5 aromatic rings. The number of alkyl halides is 6. The van der Waals surface area contributed by atoms with Crippen molar-refractivity contribution in [3.63, 3.8) is 0 Å². The van der Waals surface area contributed by atoms with Crippen LogP contribution in [0.5, 0.6) is 0 Å². The maximum Gasteiger partial charge on any atom is 0.416 e. The summed E-state index contributed by atoms with van der Waals surface area (Å²) < 4.78 is 97.6. The summed E-state index contributed by atoms with van der Waals surface area (Å²) in [6.07, 6.45) is -3.85. The number of carbonyl (C=O) groups excluding carboxylic acids is 2. The summed E-state index contributed by atoms with van der Waals surface area (Å²) in [5.41, 5.74) is 6.07. The van der Waals surface area contributed by atoms with Gasteiger partial charge < -0.3 is 27.0 Å². The first-order valence-corrected chi connectivity index (χ1v) is 19.9. The molecule has 4 amide bonds. The highest BCUT2D eigenvalue weighted by molar-refractivity contribution is 7.98. The second-order valence-electron chi connectivity index (χ2n) is 11.1. The number of rotatable bonds is 7. The summed E-state index contributed by atoms with van der Waals surface area (Å²) >= 11 is 3.24. The number of nitrogens with one attached hydrogen (secondary N) is 4.